The first kappa shape index (κ1) is 14.5. The predicted molar refractivity (Wildman–Crippen MR) is 68.5 cm³/mol. The van der Waals surface area contributed by atoms with Gasteiger partial charge in [-0.05, 0) is 18.6 Å². The zero-order valence-electron chi connectivity index (χ0n) is 10.8. The molecule has 0 spiro atoms. The average Bonchev–Trinajstić information content (AvgIpc) is 2.64. The van der Waals surface area contributed by atoms with Gasteiger partial charge in [0.25, 0.3) is 11.8 Å². The van der Waals surface area contributed by atoms with Crippen LogP contribution in [0.3, 0.4) is 0 Å². The maximum Gasteiger partial charge on any atom is 0.326 e. The Morgan fingerprint density at radius 1 is 1.24 bits per heavy atom. The van der Waals surface area contributed by atoms with Gasteiger partial charge in [0, 0.05) is 6.42 Å². The number of fused-ring (bicyclic) bond motifs is 1. The molecule has 0 saturated carbocycles. The van der Waals surface area contributed by atoms with E-state index in [4.69, 9.17) is 10.8 Å². The van der Waals surface area contributed by atoms with Gasteiger partial charge in [0.15, 0.2) is 0 Å². The van der Waals surface area contributed by atoms with Crippen LogP contribution in [0.2, 0.25) is 0 Å². The average molecular weight is 292 g/mol. The molecular weight excluding hydrogens is 280 g/mol. The molecule has 0 bridgehead atoms. The van der Waals surface area contributed by atoms with E-state index in [0.29, 0.717) is 4.90 Å². The van der Waals surface area contributed by atoms with E-state index in [2.05, 4.69) is 0 Å². The van der Waals surface area contributed by atoms with Crippen molar-refractivity contribution in [2.45, 2.75) is 18.9 Å². The zero-order chi connectivity index (χ0) is 15.7. The minimum atomic E-state index is -1.51. The number of carbonyl (C=O) groups excluding carboxylic acids is 3. The Morgan fingerprint density at radius 2 is 1.90 bits per heavy atom. The molecule has 21 heavy (non-hydrogen) atoms. The summed E-state index contributed by atoms with van der Waals surface area (Å²) in [5, 5.41) is 18.8. The number of amides is 3. The van der Waals surface area contributed by atoms with Crippen molar-refractivity contribution in [3.63, 3.8) is 0 Å². The highest BCUT2D eigenvalue weighted by molar-refractivity contribution is 6.23. The highest BCUT2D eigenvalue weighted by atomic mass is 16.4. The molecular formula is C13H12N2O6. The number of carbonyl (C=O) groups is 4. The molecule has 1 unspecified atom stereocenters. The van der Waals surface area contributed by atoms with Crippen LogP contribution in [0, 0.1) is 0 Å². The molecule has 0 saturated heterocycles. The molecule has 8 nitrogen and oxygen atoms in total. The molecule has 1 atom stereocenters. The van der Waals surface area contributed by atoms with Gasteiger partial charge in [-0.1, -0.05) is 6.07 Å². The quantitative estimate of drug-likeness (QED) is 0.637. The van der Waals surface area contributed by atoms with Crippen molar-refractivity contribution in [1.29, 1.82) is 0 Å². The number of aliphatic carboxylic acids is 1. The SMILES string of the molecule is NC(=O)CCC(C(=O)O)N1C(=O)c2cccc(O)c2C1=O. The van der Waals surface area contributed by atoms with Crippen LogP contribution in [0.4, 0.5) is 0 Å². The van der Waals surface area contributed by atoms with E-state index >= 15 is 0 Å². The van der Waals surface area contributed by atoms with Crippen molar-refractivity contribution >= 4 is 23.7 Å². The molecule has 4 N–H and O–H groups in total. The van der Waals surface area contributed by atoms with Gasteiger partial charge >= 0.3 is 5.97 Å². The number of rotatable bonds is 5. The number of carboxylic acids is 1. The van der Waals surface area contributed by atoms with Crippen LogP contribution in [0.5, 0.6) is 5.75 Å². The van der Waals surface area contributed by atoms with Gasteiger partial charge in [-0.25, -0.2) is 4.79 Å². The molecule has 0 radical (unpaired) electrons. The fraction of sp³-hybridized carbons (Fsp3) is 0.231. The number of aromatic hydroxyl groups is 1. The second-order valence-corrected chi connectivity index (χ2v) is 4.54. The molecule has 0 aliphatic carbocycles. The number of carboxylic acid groups (broad SMARTS) is 1. The summed E-state index contributed by atoms with van der Waals surface area (Å²) in [6.45, 7) is 0. The van der Waals surface area contributed by atoms with Crippen molar-refractivity contribution in [1.82, 2.24) is 4.90 Å². The molecule has 110 valence electrons. The normalized spacial score (nSPS) is 15.0. The van der Waals surface area contributed by atoms with Gasteiger partial charge in [-0.2, -0.15) is 0 Å². The van der Waals surface area contributed by atoms with Gasteiger partial charge < -0.3 is 15.9 Å². The molecule has 1 aliphatic rings. The van der Waals surface area contributed by atoms with Crippen molar-refractivity contribution in [2.24, 2.45) is 5.73 Å². The lowest BCUT2D eigenvalue weighted by Crippen LogP contribution is -2.45. The number of hydrogen-bond donors (Lipinski definition) is 3. The summed E-state index contributed by atoms with van der Waals surface area (Å²) in [4.78, 5) is 46.9. The number of hydrogen-bond acceptors (Lipinski definition) is 5. The van der Waals surface area contributed by atoms with Crippen LogP contribution in [0.25, 0.3) is 0 Å². The summed E-state index contributed by atoms with van der Waals surface area (Å²) in [7, 11) is 0. The lowest BCUT2D eigenvalue weighted by Gasteiger charge is -2.21. The molecule has 1 aliphatic heterocycles. The molecule has 1 aromatic carbocycles. The summed E-state index contributed by atoms with van der Waals surface area (Å²) >= 11 is 0. The third kappa shape index (κ3) is 2.42. The Balaban J connectivity index is 2.38. The van der Waals surface area contributed by atoms with Crippen LogP contribution in [0.1, 0.15) is 33.6 Å². The number of benzene rings is 1. The lowest BCUT2D eigenvalue weighted by molar-refractivity contribution is -0.141. The Hall–Kier alpha value is -2.90. The maximum absolute atomic E-state index is 12.2. The summed E-state index contributed by atoms with van der Waals surface area (Å²) in [6, 6.07) is 2.42. The first-order valence-electron chi connectivity index (χ1n) is 6.05. The first-order chi connectivity index (χ1) is 9.84. The number of nitrogens with two attached hydrogens (primary N) is 1. The number of nitrogens with zero attached hydrogens (tertiary/aromatic N) is 1. The molecule has 0 fully saturated rings. The summed E-state index contributed by atoms with van der Waals surface area (Å²) in [5.41, 5.74) is 4.66. The van der Waals surface area contributed by atoms with E-state index in [0.717, 1.165) is 0 Å². The summed E-state index contributed by atoms with van der Waals surface area (Å²) in [6.07, 6.45) is -0.562. The number of phenolic OH excluding ortho intramolecular Hbond substituents is 1. The predicted octanol–water partition coefficient (Wildman–Crippen LogP) is -0.293. The van der Waals surface area contributed by atoms with Gasteiger partial charge in [-0.15, -0.1) is 0 Å². The largest absolute Gasteiger partial charge is 0.507 e. The van der Waals surface area contributed by atoms with Crippen LogP contribution in [0.15, 0.2) is 18.2 Å². The molecule has 1 aromatic rings. The van der Waals surface area contributed by atoms with Crippen LogP contribution >= 0.6 is 0 Å². The monoisotopic (exact) mass is 292 g/mol. The second kappa shape index (κ2) is 5.23. The third-order valence-electron chi connectivity index (χ3n) is 3.19. The minimum Gasteiger partial charge on any atom is -0.507 e. The zero-order valence-corrected chi connectivity index (χ0v) is 10.8. The van der Waals surface area contributed by atoms with Gasteiger partial charge in [0.1, 0.15) is 11.8 Å². The van der Waals surface area contributed by atoms with Crippen molar-refractivity contribution < 1.29 is 29.4 Å². The van der Waals surface area contributed by atoms with Gasteiger partial charge in [0.05, 0.1) is 11.1 Å². The second-order valence-electron chi connectivity index (χ2n) is 4.54. The lowest BCUT2D eigenvalue weighted by atomic mass is 10.1. The number of primary amides is 1. The van der Waals surface area contributed by atoms with E-state index in [1.165, 1.54) is 18.2 Å². The van der Waals surface area contributed by atoms with E-state index in [9.17, 15) is 24.3 Å². The van der Waals surface area contributed by atoms with Crippen LogP contribution in [-0.2, 0) is 9.59 Å². The highest BCUT2D eigenvalue weighted by Gasteiger charge is 2.44. The standard InChI is InChI=1S/C13H12N2O6/c14-9(17)5-4-7(13(20)21)15-11(18)6-2-1-3-8(16)10(6)12(15)19/h1-3,7,16H,4-5H2,(H2,14,17)(H,20,21). The van der Waals surface area contributed by atoms with E-state index in [-0.39, 0.29) is 24.0 Å². The van der Waals surface area contributed by atoms with Crippen molar-refractivity contribution in [3.05, 3.63) is 29.3 Å². The molecule has 0 aromatic heterocycles. The summed E-state index contributed by atoms with van der Waals surface area (Å²) < 4.78 is 0. The smallest absolute Gasteiger partial charge is 0.326 e. The summed E-state index contributed by atoms with van der Waals surface area (Å²) in [5.74, 6) is -4.27. The molecule has 1 heterocycles. The Morgan fingerprint density at radius 3 is 2.43 bits per heavy atom. The fourth-order valence-corrected chi connectivity index (χ4v) is 2.21. The van der Waals surface area contributed by atoms with E-state index in [1.54, 1.807) is 0 Å². The van der Waals surface area contributed by atoms with Crippen molar-refractivity contribution in [2.75, 3.05) is 0 Å². The van der Waals surface area contributed by atoms with Crippen LogP contribution < -0.4 is 5.73 Å². The molecule has 3 amide bonds. The Bertz CT molecular complexity index is 654. The van der Waals surface area contributed by atoms with E-state index < -0.39 is 35.5 Å². The molecule has 8 heteroatoms. The van der Waals surface area contributed by atoms with Crippen molar-refractivity contribution in [3.8, 4) is 5.75 Å². The fourth-order valence-electron chi connectivity index (χ4n) is 2.21. The highest BCUT2D eigenvalue weighted by Crippen LogP contribution is 2.32. The maximum atomic E-state index is 12.2. The minimum absolute atomic E-state index is 0.0645. The topological polar surface area (TPSA) is 138 Å². The number of imide groups is 1. The van der Waals surface area contributed by atoms with E-state index in [1.807, 2.05) is 0 Å². The third-order valence-corrected chi connectivity index (χ3v) is 3.19. The molecule has 2 rings (SSSR count). The Kier molecular flexibility index (Phi) is 3.62. The van der Waals surface area contributed by atoms with Gasteiger partial charge in [0.2, 0.25) is 5.91 Å². The number of phenols is 1. The first-order valence-corrected chi connectivity index (χ1v) is 6.05. The Labute approximate surface area is 118 Å². The van der Waals surface area contributed by atoms with Crippen LogP contribution in [-0.4, -0.2) is 44.8 Å². The van der Waals surface area contributed by atoms with Gasteiger partial charge in [-0.3, -0.25) is 19.3 Å².